The zero-order chi connectivity index (χ0) is 13.8. The van der Waals surface area contributed by atoms with Gasteiger partial charge in [-0.25, -0.2) is 0 Å². The summed E-state index contributed by atoms with van der Waals surface area (Å²) in [5.41, 5.74) is 0.180. The maximum Gasteiger partial charge on any atom is 0.257 e. The number of halogens is 1. The second-order valence-corrected chi connectivity index (χ2v) is 5.70. The molecule has 1 amide bonds. The number of piperidine rings is 1. The number of phenols is 2. The predicted octanol–water partition coefficient (Wildman–Crippen LogP) is 2.74. The molecule has 0 saturated carbocycles. The Labute approximate surface area is 121 Å². The fourth-order valence-electron chi connectivity index (χ4n) is 2.51. The van der Waals surface area contributed by atoms with Gasteiger partial charge in [-0.3, -0.25) is 4.79 Å². The van der Waals surface area contributed by atoms with Crippen LogP contribution in [0.4, 0.5) is 0 Å². The molecule has 1 heterocycles. The van der Waals surface area contributed by atoms with Crippen molar-refractivity contribution >= 4 is 21.8 Å². The van der Waals surface area contributed by atoms with E-state index in [-0.39, 0.29) is 23.0 Å². The van der Waals surface area contributed by atoms with E-state index in [1.807, 2.05) is 0 Å². The first-order chi connectivity index (χ1) is 9.13. The van der Waals surface area contributed by atoms with Gasteiger partial charge in [-0.1, -0.05) is 22.0 Å². The molecule has 1 aromatic rings. The van der Waals surface area contributed by atoms with Crippen LogP contribution in [0.2, 0.25) is 0 Å². The average molecular weight is 328 g/mol. The van der Waals surface area contributed by atoms with Gasteiger partial charge in [-0.05, 0) is 37.3 Å². The van der Waals surface area contributed by atoms with Gasteiger partial charge < -0.3 is 15.1 Å². The van der Waals surface area contributed by atoms with E-state index >= 15 is 0 Å². The van der Waals surface area contributed by atoms with Gasteiger partial charge in [0.15, 0.2) is 11.5 Å². The highest BCUT2D eigenvalue weighted by molar-refractivity contribution is 9.09. The van der Waals surface area contributed by atoms with Crippen LogP contribution in [-0.4, -0.2) is 39.4 Å². The molecule has 2 N–H and O–H groups in total. The Kier molecular flexibility index (Phi) is 4.69. The summed E-state index contributed by atoms with van der Waals surface area (Å²) in [4.78, 5) is 14.1. The van der Waals surface area contributed by atoms with Gasteiger partial charge in [0.25, 0.3) is 5.91 Å². The normalized spacial score (nSPS) is 19.4. The van der Waals surface area contributed by atoms with Crippen LogP contribution in [0, 0.1) is 5.92 Å². The van der Waals surface area contributed by atoms with E-state index in [1.165, 1.54) is 6.07 Å². The Bertz CT molecular complexity index is 462. The zero-order valence-electron chi connectivity index (χ0n) is 10.7. The lowest BCUT2D eigenvalue weighted by molar-refractivity contribution is 0.0668. The van der Waals surface area contributed by atoms with Gasteiger partial charge in [-0.2, -0.15) is 0 Å². The number of likely N-dealkylation sites (tertiary alicyclic amines) is 1. The van der Waals surface area contributed by atoms with Crippen LogP contribution < -0.4 is 0 Å². The van der Waals surface area contributed by atoms with Crippen molar-refractivity contribution in [3.05, 3.63) is 23.8 Å². The quantitative estimate of drug-likeness (QED) is 0.662. The van der Waals surface area contributed by atoms with E-state index in [0.717, 1.165) is 31.1 Å². The molecule has 5 heteroatoms. The summed E-state index contributed by atoms with van der Waals surface area (Å²) < 4.78 is 0. The van der Waals surface area contributed by atoms with Crippen molar-refractivity contribution in [2.75, 3.05) is 18.4 Å². The standard InChI is InChI=1S/C14H18BrNO3/c15-7-6-10-3-2-8-16(9-10)14(19)11-4-1-5-12(17)13(11)18/h1,4-5,10,17-18H,2-3,6-9H2. The zero-order valence-corrected chi connectivity index (χ0v) is 12.3. The van der Waals surface area contributed by atoms with Crippen molar-refractivity contribution in [3.8, 4) is 11.5 Å². The summed E-state index contributed by atoms with van der Waals surface area (Å²) in [5.74, 6) is -0.265. The Morgan fingerprint density at radius 1 is 1.42 bits per heavy atom. The molecule has 0 aromatic heterocycles. The molecule has 104 valence electrons. The van der Waals surface area contributed by atoms with Crippen LogP contribution in [0.1, 0.15) is 29.6 Å². The van der Waals surface area contributed by atoms with Crippen LogP contribution >= 0.6 is 15.9 Å². The van der Waals surface area contributed by atoms with Gasteiger partial charge in [0, 0.05) is 18.4 Å². The number of carbonyl (C=O) groups excluding carboxylic acids is 1. The number of rotatable bonds is 3. The van der Waals surface area contributed by atoms with E-state index in [9.17, 15) is 15.0 Å². The highest BCUT2D eigenvalue weighted by Gasteiger charge is 2.26. The number of nitrogens with zero attached hydrogens (tertiary/aromatic N) is 1. The monoisotopic (exact) mass is 327 g/mol. The minimum Gasteiger partial charge on any atom is -0.504 e. The summed E-state index contributed by atoms with van der Waals surface area (Å²) in [6.07, 6.45) is 3.18. The molecule has 1 aliphatic heterocycles. The molecule has 0 aliphatic carbocycles. The fraction of sp³-hybridized carbons (Fsp3) is 0.500. The Balaban J connectivity index is 2.12. The van der Waals surface area contributed by atoms with Crippen molar-refractivity contribution < 1.29 is 15.0 Å². The number of alkyl halides is 1. The van der Waals surface area contributed by atoms with Crippen molar-refractivity contribution in [1.29, 1.82) is 0 Å². The molecular weight excluding hydrogens is 310 g/mol. The highest BCUT2D eigenvalue weighted by atomic mass is 79.9. The Hall–Kier alpha value is -1.23. The topological polar surface area (TPSA) is 60.8 Å². The number of hydrogen-bond acceptors (Lipinski definition) is 3. The lowest BCUT2D eigenvalue weighted by Gasteiger charge is -2.32. The van der Waals surface area contributed by atoms with Gasteiger partial charge in [0.2, 0.25) is 0 Å². The van der Waals surface area contributed by atoms with E-state index in [1.54, 1.807) is 17.0 Å². The second kappa shape index (κ2) is 6.28. The third-order valence-electron chi connectivity index (χ3n) is 3.57. The minimum absolute atomic E-state index is 0.180. The molecule has 2 rings (SSSR count). The summed E-state index contributed by atoms with van der Waals surface area (Å²) in [6, 6.07) is 4.49. The summed E-state index contributed by atoms with van der Waals surface area (Å²) in [7, 11) is 0. The summed E-state index contributed by atoms with van der Waals surface area (Å²) >= 11 is 3.43. The Morgan fingerprint density at radius 3 is 2.95 bits per heavy atom. The largest absolute Gasteiger partial charge is 0.504 e. The van der Waals surface area contributed by atoms with Gasteiger partial charge in [0.05, 0.1) is 5.56 Å². The van der Waals surface area contributed by atoms with Gasteiger partial charge in [0.1, 0.15) is 0 Å². The second-order valence-electron chi connectivity index (χ2n) is 4.91. The van der Waals surface area contributed by atoms with Crippen LogP contribution in [0.25, 0.3) is 0 Å². The maximum atomic E-state index is 12.4. The lowest BCUT2D eigenvalue weighted by Crippen LogP contribution is -2.40. The lowest BCUT2D eigenvalue weighted by atomic mass is 9.95. The molecule has 0 spiro atoms. The number of para-hydroxylation sites is 1. The number of hydrogen-bond donors (Lipinski definition) is 2. The van der Waals surface area contributed by atoms with Crippen LogP contribution in [-0.2, 0) is 0 Å². The van der Waals surface area contributed by atoms with Crippen molar-refractivity contribution in [1.82, 2.24) is 4.90 Å². The SMILES string of the molecule is O=C(c1cccc(O)c1O)N1CCCC(CCBr)C1. The van der Waals surface area contributed by atoms with Crippen molar-refractivity contribution in [2.45, 2.75) is 19.3 Å². The molecule has 1 unspecified atom stereocenters. The molecular formula is C14H18BrNO3. The first kappa shape index (κ1) is 14.2. The first-order valence-electron chi connectivity index (χ1n) is 6.49. The highest BCUT2D eigenvalue weighted by Crippen LogP contribution is 2.30. The van der Waals surface area contributed by atoms with Crippen LogP contribution in [0.5, 0.6) is 11.5 Å². The maximum absolute atomic E-state index is 12.4. The van der Waals surface area contributed by atoms with E-state index in [2.05, 4.69) is 15.9 Å². The molecule has 4 nitrogen and oxygen atoms in total. The third kappa shape index (κ3) is 3.21. The average Bonchev–Trinajstić information content (AvgIpc) is 2.42. The number of carbonyl (C=O) groups is 1. The molecule has 1 aliphatic rings. The predicted molar refractivity (Wildman–Crippen MR) is 76.8 cm³/mol. The van der Waals surface area contributed by atoms with E-state index in [0.29, 0.717) is 12.5 Å². The summed E-state index contributed by atoms with van der Waals surface area (Å²) in [6.45, 7) is 1.44. The number of amides is 1. The van der Waals surface area contributed by atoms with Crippen molar-refractivity contribution in [3.63, 3.8) is 0 Å². The smallest absolute Gasteiger partial charge is 0.257 e. The van der Waals surface area contributed by atoms with Crippen LogP contribution in [0.15, 0.2) is 18.2 Å². The van der Waals surface area contributed by atoms with Gasteiger partial charge in [-0.15, -0.1) is 0 Å². The minimum atomic E-state index is -0.324. The Morgan fingerprint density at radius 2 is 2.21 bits per heavy atom. The molecule has 1 atom stereocenters. The number of phenolic OH excluding ortho intramolecular Hbond substituents is 2. The molecule has 19 heavy (non-hydrogen) atoms. The fourth-order valence-corrected chi connectivity index (χ4v) is 3.16. The van der Waals surface area contributed by atoms with Crippen LogP contribution in [0.3, 0.4) is 0 Å². The van der Waals surface area contributed by atoms with E-state index < -0.39 is 0 Å². The first-order valence-corrected chi connectivity index (χ1v) is 7.61. The third-order valence-corrected chi connectivity index (χ3v) is 4.03. The molecule has 0 bridgehead atoms. The molecule has 1 saturated heterocycles. The number of aromatic hydroxyl groups is 2. The molecule has 1 fully saturated rings. The molecule has 0 radical (unpaired) electrons. The summed E-state index contributed by atoms with van der Waals surface area (Å²) in [5, 5.41) is 20.2. The number of benzene rings is 1. The molecule has 1 aromatic carbocycles. The van der Waals surface area contributed by atoms with Gasteiger partial charge >= 0.3 is 0 Å². The van der Waals surface area contributed by atoms with Crippen molar-refractivity contribution in [2.24, 2.45) is 5.92 Å². The van der Waals surface area contributed by atoms with E-state index in [4.69, 9.17) is 0 Å².